The molecule has 0 bridgehead atoms. The molecule has 0 amide bonds. The van der Waals surface area contributed by atoms with Crippen molar-refractivity contribution >= 4 is 17.3 Å². The van der Waals surface area contributed by atoms with E-state index in [1.54, 1.807) is 33.3 Å². The second-order valence-corrected chi connectivity index (χ2v) is 8.18. The van der Waals surface area contributed by atoms with Gasteiger partial charge in [-0.2, -0.15) is 0 Å². The van der Waals surface area contributed by atoms with Crippen LogP contribution in [0.3, 0.4) is 0 Å². The Balaban J connectivity index is 2.15. The molecular formula is C25H29NO5. The van der Waals surface area contributed by atoms with E-state index in [-0.39, 0.29) is 18.0 Å². The number of ketones is 2. The van der Waals surface area contributed by atoms with Crippen molar-refractivity contribution in [3.05, 3.63) is 65.4 Å². The van der Waals surface area contributed by atoms with Gasteiger partial charge in [-0.05, 0) is 62.7 Å². The lowest BCUT2D eigenvalue weighted by Crippen LogP contribution is -2.48. The molecule has 0 aliphatic heterocycles. The molecule has 2 aromatic carbocycles. The van der Waals surface area contributed by atoms with Gasteiger partial charge in [0.25, 0.3) is 0 Å². The minimum Gasteiger partial charge on any atom is -0.497 e. The maximum atomic E-state index is 12.9. The molecule has 0 unspecified atom stereocenters. The van der Waals surface area contributed by atoms with Crippen LogP contribution < -0.4 is 14.8 Å². The summed E-state index contributed by atoms with van der Waals surface area (Å²) in [7, 11) is 3.18. The molecule has 0 saturated carbocycles. The van der Waals surface area contributed by atoms with Gasteiger partial charge in [0.2, 0.25) is 0 Å². The van der Waals surface area contributed by atoms with Gasteiger partial charge in [0.05, 0.1) is 25.7 Å². The number of rotatable bonds is 7. The zero-order valence-electron chi connectivity index (χ0n) is 18.6. The predicted octanol–water partition coefficient (Wildman–Crippen LogP) is 4.10. The molecule has 0 fully saturated rings. The zero-order chi connectivity index (χ0) is 22.8. The molecule has 0 spiro atoms. The highest BCUT2D eigenvalue weighted by Crippen LogP contribution is 2.48. The fourth-order valence-electron chi connectivity index (χ4n) is 4.51. The first-order chi connectivity index (χ1) is 14.7. The Hall–Kier alpha value is -3.12. The first-order valence-corrected chi connectivity index (χ1v) is 10.2. The van der Waals surface area contributed by atoms with Gasteiger partial charge in [-0.3, -0.25) is 9.59 Å². The fourth-order valence-corrected chi connectivity index (χ4v) is 4.51. The van der Waals surface area contributed by atoms with Crippen molar-refractivity contribution in [1.29, 1.82) is 0 Å². The number of hydrogen-bond acceptors (Lipinski definition) is 6. The van der Waals surface area contributed by atoms with E-state index in [0.717, 1.165) is 17.0 Å². The van der Waals surface area contributed by atoms with Crippen molar-refractivity contribution in [2.24, 2.45) is 5.92 Å². The van der Waals surface area contributed by atoms with Crippen LogP contribution in [0, 0.1) is 5.92 Å². The number of methoxy groups -OCH3 is 2. The molecule has 0 saturated heterocycles. The van der Waals surface area contributed by atoms with Crippen molar-refractivity contribution in [2.75, 3.05) is 19.5 Å². The molecule has 1 aliphatic carbocycles. The third-order valence-electron chi connectivity index (χ3n) is 5.85. The molecule has 1 aliphatic rings. The van der Waals surface area contributed by atoms with Crippen molar-refractivity contribution in [2.45, 2.75) is 38.7 Å². The van der Waals surface area contributed by atoms with Crippen LogP contribution in [-0.2, 0) is 9.59 Å². The summed E-state index contributed by atoms with van der Waals surface area (Å²) in [6.45, 7) is 4.62. The lowest BCUT2D eigenvalue weighted by Gasteiger charge is -2.43. The number of benzene rings is 2. The molecule has 0 aromatic heterocycles. The van der Waals surface area contributed by atoms with E-state index in [0.29, 0.717) is 17.0 Å². The van der Waals surface area contributed by atoms with Crippen molar-refractivity contribution in [3.8, 4) is 11.5 Å². The van der Waals surface area contributed by atoms with E-state index in [4.69, 9.17) is 9.47 Å². The number of carbonyl (C=O) groups excluding carboxylic acids is 2. The van der Waals surface area contributed by atoms with E-state index in [1.807, 2.05) is 36.4 Å². The molecule has 31 heavy (non-hydrogen) atoms. The molecule has 2 N–H and O–H groups in total. The Morgan fingerprint density at radius 1 is 0.968 bits per heavy atom. The van der Waals surface area contributed by atoms with Crippen molar-refractivity contribution < 1.29 is 24.2 Å². The van der Waals surface area contributed by atoms with E-state index >= 15 is 0 Å². The molecule has 6 heteroatoms. The number of anilines is 1. The van der Waals surface area contributed by atoms with Gasteiger partial charge >= 0.3 is 0 Å². The second-order valence-electron chi connectivity index (χ2n) is 8.18. The van der Waals surface area contributed by atoms with Gasteiger partial charge in [0.1, 0.15) is 17.3 Å². The quantitative estimate of drug-likeness (QED) is 0.697. The van der Waals surface area contributed by atoms with Gasteiger partial charge in [0.15, 0.2) is 5.78 Å². The van der Waals surface area contributed by atoms with Crippen LogP contribution in [0.25, 0.3) is 0 Å². The highest BCUT2D eigenvalue weighted by molar-refractivity contribution is 5.98. The van der Waals surface area contributed by atoms with Gasteiger partial charge in [-0.15, -0.1) is 0 Å². The Morgan fingerprint density at radius 3 is 1.94 bits per heavy atom. The summed E-state index contributed by atoms with van der Waals surface area (Å²) >= 11 is 0. The Morgan fingerprint density at radius 2 is 1.48 bits per heavy atom. The van der Waals surface area contributed by atoms with E-state index < -0.39 is 17.4 Å². The summed E-state index contributed by atoms with van der Waals surface area (Å²) in [5, 5.41) is 14.6. The summed E-state index contributed by atoms with van der Waals surface area (Å²) in [5.74, 6) is -0.233. The Kier molecular flexibility index (Phi) is 6.51. The molecular weight excluding hydrogens is 394 g/mol. The first kappa shape index (κ1) is 22.6. The van der Waals surface area contributed by atoms with Crippen LogP contribution in [0.1, 0.15) is 38.7 Å². The Bertz CT molecular complexity index is 990. The summed E-state index contributed by atoms with van der Waals surface area (Å²) in [5.41, 5.74) is 1.33. The van der Waals surface area contributed by atoms with Crippen LogP contribution >= 0.6 is 0 Å². The van der Waals surface area contributed by atoms with Crippen molar-refractivity contribution in [3.63, 3.8) is 0 Å². The third-order valence-corrected chi connectivity index (χ3v) is 5.85. The largest absolute Gasteiger partial charge is 0.497 e. The molecule has 0 heterocycles. The van der Waals surface area contributed by atoms with E-state index in [2.05, 4.69) is 5.32 Å². The van der Waals surface area contributed by atoms with Crippen LogP contribution in [0.15, 0.2) is 59.8 Å². The standard InChI is InChI=1S/C25H29NO5/c1-15(27)22-21(26-18-8-12-20(31-5)13-9-18)14-25(3,29)24(16(2)28)23(22)17-6-10-19(30-4)11-7-17/h6-13,23-24,26,29H,14H2,1-5H3/t23-,24-,25+/m0/s1. The van der Waals surface area contributed by atoms with Gasteiger partial charge in [0, 0.05) is 29.3 Å². The molecule has 0 radical (unpaired) electrons. The third kappa shape index (κ3) is 4.64. The predicted molar refractivity (Wildman–Crippen MR) is 119 cm³/mol. The second kappa shape index (κ2) is 8.94. The van der Waals surface area contributed by atoms with Crippen LogP contribution in [0.2, 0.25) is 0 Å². The smallest absolute Gasteiger partial charge is 0.158 e. The minimum absolute atomic E-state index is 0.140. The maximum Gasteiger partial charge on any atom is 0.158 e. The Labute approximate surface area is 182 Å². The van der Waals surface area contributed by atoms with Crippen LogP contribution in [-0.4, -0.2) is 36.5 Å². The maximum absolute atomic E-state index is 12.9. The molecule has 6 nitrogen and oxygen atoms in total. The number of allylic oxidation sites excluding steroid dienone is 1. The fraction of sp³-hybridized carbons (Fsp3) is 0.360. The average Bonchev–Trinajstić information content (AvgIpc) is 2.72. The summed E-state index contributed by atoms with van der Waals surface area (Å²) in [6, 6.07) is 14.6. The molecule has 2 aromatic rings. The normalized spacial score (nSPS) is 23.3. The number of Topliss-reactive ketones (excluding diaryl/α,β-unsaturated/α-hetero) is 2. The summed E-state index contributed by atoms with van der Waals surface area (Å²) < 4.78 is 10.5. The van der Waals surface area contributed by atoms with Crippen LogP contribution in [0.4, 0.5) is 5.69 Å². The van der Waals surface area contributed by atoms with Gasteiger partial charge in [-0.1, -0.05) is 12.1 Å². The topological polar surface area (TPSA) is 84.9 Å². The van der Waals surface area contributed by atoms with E-state index in [1.165, 1.54) is 13.8 Å². The SMILES string of the molecule is COc1ccc(NC2=C(C(C)=O)[C@H](c3ccc(OC)cc3)[C@H](C(C)=O)[C@](C)(O)C2)cc1. The highest BCUT2D eigenvalue weighted by Gasteiger charge is 2.49. The highest BCUT2D eigenvalue weighted by atomic mass is 16.5. The summed E-state index contributed by atoms with van der Waals surface area (Å²) in [4.78, 5) is 25.5. The molecule has 164 valence electrons. The molecule has 3 atom stereocenters. The van der Waals surface area contributed by atoms with Crippen LogP contribution in [0.5, 0.6) is 11.5 Å². The zero-order valence-corrected chi connectivity index (χ0v) is 18.6. The lowest BCUT2D eigenvalue weighted by atomic mass is 9.64. The summed E-state index contributed by atoms with van der Waals surface area (Å²) in [6.07, 6.45) is 0.158. The first-order valence-electron chi connectivity index (χ1n) is 10.2. The monoisotopic (exact) mass is 423 g/mol. The number of nitrogens with one attached hydrogen (secondary N) is 1. The molecule has 3 rings (SSSR count). The number of hydrogen-bond donors (Lipinski definition) is 2. The number of aliphatic hydroxyl groups is 1. The lowest BCUT2D eigenvalue weighted by molar-refractivity contribution is -0.131. The van der Waals surface area contributed by atoms with Gasteiger partial charge < -0.3 is 19.9 Å². The number of ether oxygens (including phenoxy) is 2. The minimum atomic E-state index is -1.33. The van der Waals surface area contributed by atoms with Crippen molar-refractivity contribution in [1.82, 2.24) is 0 Å². The number of carbonyl (C=O) groups is 2. The van der Waals surface area contributed by atoms with Gasteiger partial charge in [-0.25, -0.2) is 0 Å². The average molecular weight is 424 g/mol. The van der Waals surface area contributed by atoms with E-state index in [9.17, 15) is 14.7 Å².